The molecule has 0 spiro atoms. The third kappa shape index (κ3) is 4.32. The first-order valence-electron chi connectivity index (χ1n) is 8.79. The van der Waals surface area contributed by atoms with Gasteiger partial charge in [0.25, 0.3) is 5.91 Å². The van der Waals surface area contributed by atoms with E-state index in [1.807, 2.05) is 53.4 Å². The van der Waals surface area contributed by atoms with Crippen molar-refractivity contribution in [2.75, 3.05) is 26.8 Å². The summed E-state index contributed by atoms with van der Waals surface area (Å²) in [6.45, 7) is 4.21. The molecule has 1 aliphatic heterocycles. The molecule has 0 aliphatic carbocycles. The third-order valence-electron chi connectivity index (χ3n) is 4.65. The molecule has 1 saturated heterocycles. The predicted octanol–water partition coefficient (Wildman–Crippen LogP) is 3.93. The van der Waals surface area contributed by atoms with Crippen molar-refractivity contribution < 1.29 is 14.3 Å². The number of ether oxygens (including phenoxy) is 2. The second-order valence-corrected chi connectivity index (χ2v) is 6.58. The van der Waals surface area contributed by atoms with Crippen molar-refractivity contribution >= 4 is 5.91 Å². The highest BCUT2D eigenvalue weighted by Gasteiger charge is 2.26. The van der Waals surface area contributed by atoms with Crippen LogP contribution in [-0.4, -0.2) is 37.6 Å². The van der Waals surface area contributed by atoms with Gasteiger partial charge in [0.2, 0.25) is 0 Å². The van der Waals surface area contributed by atoms with E-state index in [1.54, 1.807) is 7.11 Å². The van der Waals surface area contributed by atoms with Gasteiger partial charge in [-0.05, 0) is 44.0 Å². The highest BCUT2D eigenvalue weighted by Crippen LogP contribution is 2.24. The van der Waals surface area contributed by atoms with Crippen molar-refractivity contribution in [2.24, 2.45) is 5.92 Å². The van der Waals surface area contributed by atoms with Crippen molar-refractivity contribution in [3.05, 3.63) is 59.7 Å². The average Bonchev–Trinajstić information content (AvgIpc) is 2.67. The van der Waals surface area contributed by atoms with E-state index in [-0.39, 0.29) is 5.91 Å². The number of aryl methyl sites for hydroxylation is 1. The molecule has 0 radical (unpaired) electrons. The van der Waals surface area contributed by atoms with Crippen LogP contribution in [0.15, 0.2) is 48.5 Å². The molecule has 2 aromatic rings. The number of likely N-dealkylation sites (tertiary alicyclic amines) is 1. The fourth-order valence-electron chi connectivity index (χ4n) is 3.23. The van der Waals surface area contributed by atoms with Crippen LogP contribution in [0, 0.1) is 12.8 Å². The lowest BCUT2D eigenvalue weighted by Crippen LogP contribution is -2.41. The molecule has 1 aliphatic rings. The van der Waals surface area contributed by atoms with Crippen LogP contribution in [-0.2, 0) is 0 Å². The number of methoxy groups -OCH3 is 1. The van der Waals surface area contributed by atoms with Crippen LogP contribution in [0.4, 0.5) is 0 Å². The van der Waals surface area contributed by atoms with E-state index in [4.69, 9.17) is 9.47 Å². The highest BCUT2D eigenvalue weighted by molar-refractivity contribution is 5.97. The Morgan fingerprint density at radius 2 is 1.92 bits per heavy atom. The van der Waals surface area contributed by atoms with Gasteiger partial charge in [0.1, 0.15) is 11.5 Å². The first-order valence-corrected chi connectivity index (χ1v) is 8.79. The number of para-hydroxylation sites is 1. The Morgan fingerprint density at radius 3 is 2.68 bits per heavy atom. The summed E-state index contributed by atoms with van der Waals surface area (Å²) in [5.74, 6) is 1.91. The number of hydrogen-bond acceptors (Lipinski definition) is 3. The van der Waals surface area contributed by atoms with Gasteiger partial charge in [-0.3, -0.25) is 4.79 Å². The lowest BCUT2D eigenvalue weighted by Gasteiger charge is -2.33. The number of carbonyl (C=O) groups excluding carboxylic acids is 1. The van der Waals surface area contributed by atoms with Crippen molar-refractivity contribution in [1.29, 1.82) is 0 Å². The number of rotatable bonds is 5. The number of benzene rings is 2. The molecule has 1 fully saturated rings. The molecule has 132 valence electrons. The zero-order valence-corrected chi connectivity index (χ0v) is 14.9. The Bertz CT molecular complexity index is 711. The summed E-state index contributed by atoms with van der Waals surface area (Å²) in [6, 6.07) is 15.5. The second-order valence-electron chi connectivity index (χ2n) is 6.58. The highest BCUT2D eigenvalue weighted by atomic mass is 16.5. The van der Waals surface area contributed by atoms with Crippen LogP contribution in [0.3, 0.4) is 0 Å². The van der Waals surface area contributed by atoms with Gasteiger partial charge < -0.3 is 14.4 Å². The van der Waals surface area contributed by atoms with Crippen LogP contribution in [0.1, 0.15) is 28.8 Å². The SMILES string of the molecule is COc1ccccc1C(=O)N1CCCC(COc2ccc(C)cc2)C1. The molecule has 0 N–H and O–H groups in total. The average molecular weight is 339 g/mol. The van der Waals surface area contributed by atoms with Gasteiger partial charge in [0, 0.05) is 19.0 Å². The number of carbonyl (C=O) groups is 1. The molecule has 3 rings (SSSR count). The monoisotopic (exact) mass is 339 g/mol. The van der Waals surface area contributed by atoms with E-state index in [0.717, 1.165) is 31.7 Å². The molecular weight excluding hydrogens is 314 g/mol. The van der Waals surface area contributed by atoms with Crippen LogP contribution < -0.4 is 9.47 Å². The van der Waals surface area contributed by atoms with Crippen LogP contribution in [0.5, 0.6) is 11.5 Å². The molecule has 25 heavy (non-hydrogen) atoms. The first-order chi connectivity index (χ1) is 12.2. The fraction of sp³-hybridized carbons (Fsp3) is 0.381. The predicted molar refractivity (Wildman–Crippen MR) is 98.3 cm³/mol. The number of piperidine rings is 1. The Morgan fingerprint density at radius 1 is 1.16 bits per heavy atom. The van der Waals surface area contributed by atoms with Crippen molar-refractivity contribution in [2.45, 2.75) is 19.8 Å². The molecule has 4 heteroatoms. The van der Waals surface area contributed by atoms with Crippen LogP contribution >= 0.6 is 0 Å². The van der Waals surface area contributed by atoms with Gasteiger partial charge in [-0.15, -0.1) is 0 Å². The summed E-state index contributed by atoms with van der Waals surface area (Å²) in [4.78, 5) is 14.8. The molecule has 1 unspecified atom stereocenters. The summed E-state index contributed by atoms with van der Waals surface area (Å²) in [6.07, 6.45) is 2.09. The van der Waals surface area contributed by atoms with Gasteiger partial charge in [0.15, 0.2) is 0 Å². The lowest BCUT2D eigenvalue weighted by atomic mass is 9.98. The fourth-order valence-corrected chi connectivity index (χ4v) is 3.23. The Balaban J connectivity index is 1.60. The Kier molecular flexibility index (Phi) is 5.59. The van der Waals surface area contributed by atoms with Gasteiger partial charge in [0.05, 0.1) is 19.3 Å². The number of nitrogens with zero attached hydrogens (tertiary/aromatic N) is 1. The zero-order chi connectivity index (χ0) is 17.6. The molecule has 0 saturated carbocycles. The largest absolute Gasteiger partial charge is 0.496 e. The second kappa shape index (κ2) is 8.06. The smallest absolute Gasteiger partial charge is 0.257 e. The molecule has 1 amide bonds. The maximum absolute atomic E-state index is 12.8. The zero-order valence-electron chi connectivity index (χ0n) is 14.9. The molecule has 2 aromatic carbocycles. The molecule has 0 aromatic heterocycles. The molecule has 1 heterocycles. The summed E-state index contributed by atoms with van der Waals surface area (Å²) >= 11 is 0. The van der Waals surface area contributed by atoms with Crippen LogP contribution in [0.25, 0.3) is 0 Å². The van der Waals surface area contributed by atoms with Crippen molar-refractivity contribution in [3.8, 4) is 11.5 Å². The Hall–Kier alpha value is -2.49. The minimum atomic E-state index is 0.0393. The van der Waals surface area contributed by atoms with Crippen LogP contribution in [0.2, 0.25) is 0 Å². The van der Waals surface area contributed by atoms with Gasteiger partial charge in [-0.25, -0.2) is 0 Å². The van der Waals surface area contributed by atoms with E-state index in [1.165, 1.54) is 5.56 Å². The van der Waals surface area contributed by atoms with E-state index in [9.17, 15) is 4.79 Å². The molecular formula is C21H25NO3. The molecule has 4 nitrogen and oxygen atoms in total. The van der Waals surface area contributed by atoms with E-state index >= 15 is 0 Å². The summed E-state index contributed by atoms with van der Waals surface area (Å²) in [7, 11) is 1.60. The topological polar surface area (TPSA) is 38.8 Å². The maximum atomic E-state index is 12.8. The molecule has 1 atom stereocenters. The lowest BCUT2D eigenvalue weighted by molar-refractivity contribution is 0.0630. The quantitative estimate of drug-likeness (QED) is 0.828. The van der Waals surface area contributed by atoms with Crippen molar-refractivity contribution in [3.63, 3.8) is 0 Å². The van der Waals surface area contributed by atoms with E-state index in [2.05, 4.69) is 6.92 Å². The van der Waals surface area contributed by atoms with Gasteiger partial charge >= 0.3 is 0 Å². The number of hydrogen-bond donors (Lipinski definition) is 0. The summed E-state index contributed by atoms with van der Waals surface area (Å²) in [5, 5.41) is 0. The minimum absolute atomic E-state index is 0.0393. The Labute approximate surface area is 149 Å². The van der Waals surface area contributed by atoms with Crippen molar-refractivity contribution in [1.82, 2.24) is 4.90 Å². The number of amides is 1. The third-order valence-corrected chi connectivity index (χ3v) is 4.65. The maximum Gasteiger partial charge on any atom is 0.257 e. The first kappa shape index (κ1) is 17.3. The summed E-state index contributed by atoms with van der Waals surface area (Å²) < 4.78 is 11.2. The van der Waals surface area contributed by atoms with Gasteiger partial charge in [-0.1, -0.05) is 29.8 Å². The van der Waals surface area contributed by atoms with E-state index in [0.29, 0.717) is 23.8 Å². The minimum Gasteiger partial charge on any atom is -0.496 e. The van der Waals surface area contributed by atoms with E-state index < -0.39 is 0 Å². The summed E-state index contributed by atoms with van der Waals surface area (Å²) in [5.41, 5.74) is 1.85. The molecule has 0 bridgehead atoms. The normalized spacial score (nSPS) is 17.2. The standard InChI is InChI=1S/C21H25NO3/c1-16-9-11-18(12-10-16)25-15-17-6-5-13-22(14-17)21(23)19-7-3-4-8-20(19)24-2/h3-4,7-12,17H,5-6,13-15H2,1-2H3. The van der Waals surface area contributed by atoms with Gasteiger partial charge in [-0.2, -0.15) is 0 Å².